The number of hydrogen-bond acceptors (Lipinski definition) is 3. The predicted molar refractivity (Wildman–Crippen MR) is 87.7 cm³/mol. The number of benzene rings is 1. The third-order valence-corrected chi connectivity index (χ3v) is 4.18. The SMILES string of the molecule is CCCCCOc1ccc(C(=O)N2CCCC(C(=O)O)C2)cc1. The van der Waals surface area contributed by atoms with E-state index in [1.54, 1.807) is 29.2 Å². The van der Waals surface area contributed by atoms with Crippen LogP contribution < -0.4 is 4.74 Å². The second-order valence-electron chi connectivity index (χ2n) is 6.01. The van der Waals surface area contributed by atoms with Gasteiger partial charge < -0.3 is 14.7 Å². The topological polar surface area (TPSA) is 66.8 Å². The maximum atomic E-state index is 12.5. The van der Waals surface area contributed by atoms with Gasteiger partial charge in [0.2, 0.25) is 0 Å². The van der Waals surface area contributed by atoms with E-state index >= 15 is 0 Å². The average Bonchev–Trinajstić information content (AvgIpc) is 2.59. The maximum Gasteiger partial charge on any atom is 0.308 e. The van der Waals surface area contributed by atoms with Crippen molar-refractivity contribution in [1.82, 2.24) is 4.90 Å². The Balaban J connectivity index is 1.90. The van der Waals surface area contributed by atoms with Crippen molar-refractivity contribution in [2.75, 3.05) is 19.7 Å². The van der Waals surface area contributed by atoms with Crippen molar-refractivity contribution in [2.45, 2.75) is 39.0 Å². The van der Waals surface area contributed by atoms with E-state index in [-0.39, 0.29) is 5.91 Å². The lowest BCUT2D eigenvalue weighted by Crippen LogP contribution is -2.42. The molecule has 1 saturated heterocycles. The van der Waals surface area contributed by atoms with Gasteiger partial charge >= 0.3 is 5.97 Å². The van der Waals surface area contributed by atoms with Gasteiger partial charge in [0.1, 0.15) is 5.75 Å². The smallest absolute Gasteiger partial charge is 0.308 e. The summed E-state index contributed by atoms with van der Waals surface area (Å²) in [7, 11) is 0. The summed E-state index contributed by atoms with van der Waals surface area (Å²) >= 11 is 0. The van der Waals surface area contributed by atoms with Gasteiger partial charge in [-0.25, -0.2) is 0 Å². The van der Waals surface area contributed by atoms with E-state index in [4.69, 9.17) is 9.84 Å². The molecule has 0 bridgehead atoms. The minimum atomic E-state index is -0.821. The van der Waals surface area contributed by atoms with Crippen molar-refractivity contribution in [1.29, 1.82) is 0 Å². The third kappa shape index (κ3) is 4.98. The Kier molecular flexibility index (Phi) is 6.44. The molecule has 2 rings (SSSR count). The number of carbonyl (C=O) groups excluding carboxylic acids is 1. The highest BCUT2D eigenvalue weighted by Crippen LogP contribution is 2.20. The molecule has 1 atom stereocenters. The van der Waals surface area contributed by atoms with E-state index in [2.05, 4.69) is 6.92 Å². The van der Waals surface area contributed by atoms with Crippen molar-refractivity contribution in [3.05, 3.63) is 29.8 Å². The Morgan fingerprint density at radius 3 is 2.65 bits per heavy atom. The lowest BCUT2D eigenvalue weighted by atomic mass is 9.97. The number of carboxylic acids is 1. The summed E-state index contributed by atoms with van der Waals surface area (Å²) in [6, 6.07) is 7.11. The van der Waals surface area contributed by atoms with Crippen LogP contribution in [0.15, 0.2) is 24.3 Å². The van der Waals surface area contributed by atoms with Crippen LogP contribution in [0.4, 0.5) is 0 Å². The number of unbranched alkanes of at least 4 members (excludes halogenated alkanes) is 2. The zero-order valence-corrected chi connectivity index (χ0v) is 13.7. The summed E-state index contributed by atoms with van der Waals surface area (Å²) in [6.07, 6.45) is 4.72. The second kappa shape index (κ2) is 8.56. The van der Waals surface area contributed by atoms with Crippen LogP contribution in [0, 0.1) is 5.92 Å². The Bertz CT molecular complexity index is 526. The number of likely N-dealkylation sites (tertiary alicyclic amines) is 1. The summed E-state index contributed by atoms with van der Waals surface area (Å²) in [4.78, 5) is 25.2. The molecule has 1 amide bonds. The first kappa shape index (κ1) is 17.3. The number of nitrogens with zero attached hydrogens (tertiary/aromatic N) is 1. The molecule has 1 fully saturated rings. The molecule has 5 heteroatoms. The molecule has 23 heavy (non-hydrogen) atoms. The molecular weight excluding hydrogens is 294 g/mol. The highest BCUT2D eigenvalue weighted by molar-refractivity contribution is 5.94. The number of amides is 1. The van der Waals surface area contributed by atoms with Crippen LogP contribution in [0.2, 0.25) is 0 Å². The molecule has 1 aliphatic rings. The lowest BCUT2D eigenvalue weighted by Gasteiger charge is -2.30. The molecule has 1 heterocycles. The highest BCUT2D eigenvalue weighted by atomic mass is 16.5. The first-order valence-electron chi connectivity index (χ1n) is 8.36. The summed E-state index contributed by atoms with van der Waals surface area (Å²) in [5, 5.41) is 9.11. The number of carbonyl (C=O) groups is 2. The molecule has 1 aliphatic heterocycles. The van der Waals surface area contributed by atoms with Gasteiger partial charge in [-0.15, -0.1) is 0 Å². The van der Waals surface area contributed by atoms with E-state index < -0.39 is 11.9 Å². The fraction of sp³-hybridized carbons (Fsp3) is 0.556. The first-order chi connectivity index (χ1) is 11.1. The number of rotatable bonds is 7. The quantitative estimate of drug-likeness (QED) is 0.784. The predicted octanol–water partition coefficient (Wildman–Crippen LogP) is 3.19. The number of hydrogen-bond donors (Lipinski definition) is 1. The summed E-state index contributed by atoms with van der Waals surface area (Å²) in [5.74, 6) is -0.611. The Hall–Kier alpha value is -2.04. The van der Waals surface area contributed by atoms with Crippen molar-refractivity contribution in [3.63, 3.8) is 0 Å². The first-order valence-corrected chi connectivity index (χ1v) is 8.36. The molecule has 1 unspecified atom stereocenters. The molecule has 5 nitrogen and oxygen atoms in total. The van der Waals surface area contributed by atoms with Crippen LogP contribution in [0.1, 0.15) is 49.4 Å². The van der Waals surface area contributed by atoms with E-state index in [0.717, 1.165) is 31.4 Å². The molecule has 1 aromatic rings. The number of piperidine rings is 1. The minimum absolute atomic E-state index is 0.103. The molecular formula is C18H25NO4. The molecule has 0 spiro atoms. The second-order valence-corrected chi connectivity index (χ2v) is 6.01. The molecule has 0 radical (unpaired) electrons. The van der Waals surface area contributed by atoms with E-state index in [0.29, 0.717) is 31.7 Å². The van der Waals surface area contributed by atoms with Gasteiger partial charge in [-0.3, -0.25) is 9.59 Å². The zero-order chi connectivity index (χ0) is 16.7. The normalized spacial score (nSPS) is 17.8. The van der Waals surface area contributed by atoms with E-state index in [1.165, 1.54) is 0 Å². The molecule has 0 saturated carbocycles. The molecule has 0 aromatic heterocycles. The van der Waals surface area contributed by atoms with Gasteiger partial charge in [0.05, 0.1) is 12.5 Å². The standard InChI is InChI=1S/C18H25NO4/c1-2-3-4-12-23-16-9-7-14(8-10-16)17(20)19-11-5-6-15(13-19)18(21)22/h7-10,15H,2-6,11-13H2,1H3,(H,21,22). The van der Waals surface area contributed by atoms with E-state index in [1.807, 2.05) is 0 Å². The van der Waals surface area contributed by atoms with E-state index in [9.17, 15) is 9.59 Å². The van der Waals surface area contributed by atoms with Gasteiger partial charge in [0, 0.05) is 18.7 Å². The summed E-state index contributed by atoms with van der Waals surface area (Å²) in [5.41, 5.74) is 0.581. The van der Waals surface area contributed by atoms with Gasteiger partial charge in [-0.1, -0.05) is 19.8 Å². The zero-order valence-electron chi connectivity index (χ0n) is 13.7. The fourth-order valence-corrected chi connectivity index (χ4v) is 2.78. The highest BCUT2D eigenvalue weighted by Gasteiger charge is 2.28. The van der Waals surface area contributed by atoms with Gasteiger partial charge in [0.15, 0.2) is 0 Å². The van der Waals surface area contributed by atoms with Crippen LogP contribution in [-0.4, -0.2) is 41.6 Å². The van der Waals surface area contributed by atoms with Crippen LogP contribution in [0.3, 0.4) is 0 Å². The molecule has 0 aliphatic carbocycles. The van der Waals surface area contributed by atoms with Crippen LogP contribution >= 0.6 is 0 Å². The maximum absolute atomic E-state index is 12.5. The summed E-state index contributed by atoms with van der Waals surface area (Å²) < 4.78 is 5.63. The largest absolute Gasteiger partial charge is 0.494 e. The van der Waals surface area contributed by atoms with Gasteiger partial charge in [-0.05, 0) is 43.5 Å². The van der Waals surface area contributed by atoms with Gasteiger partial charge in [0.25, 0.3) is 5.91 Å². The number of carboxylic acid groups (broad SMARTS) is 1. The van der Waals surface area contributed by atoms with Gasteiger partial charge in [-0.2, -0.15) is 0 Å². The number of aliphatic carboxylic acids is 1. The third-order valence-electron chi connectivity index (χ3n) is 4.18. The summed E-state index contributed by atoms with van der Waals surface area (Å²) in [6.45, 7) is 3.75. The monoisotopic (exact) mass is 319 g/mol. The number of ether oxygens (including phenoxy) is 1. The molecule has 1 aromatic carbocycles. The van der Waals surface area contributed by atoms with Crippen molar-refractivity contribution in [3.8, 4) is 5.75 Å². The van der Waals surface area contributed by atoms with Crippen LogP contribution in [-0.2, 0) is 4.79 Å². The van der Waals surface area contributed by atoms with Crippen molar-refractivity contribution >= 4 is 11.9 Å². The van der Waals surface area contributed by atoms with Crippen molar-refractivity contribution < 1.29 is 19.4 Å². The van der Waals surface area contributed by atoms with Crippen LogP contribution in [0.25, 0.3) is 0 Å². The Morgan fingerprint density at radius 1 is 1.26 bits per heavy atom. The van der Waals surface area contributed by atoms with Crippen molar-refractivity contribution in [2.24, 2.45) is 5.92 Å². The molecule has 126 valence electrons. The minimum Gasteiger partial charge on any atom is -0.494 e. The average molecular weight is 319 g/mol. The molecule has 1 N–H and O–H groups in total. The Labute approximate surface area is 137 Å². The van der Waals surface area contributed by atoms with Crippen LogP contribution in [0.5, 0.6) is 5.75 Å². The fourth-order valence-electron chi connectivity index (χ4n) is 2.78. The lowest BCUT2D eigenvalue weighted by molar-refractivity contribution is -0.143. The Morgan fingerprint density at radius 2 is 2.00 bits per heavy atom.